The molecule has 0 radical (unpaired) electrons. The highest BCUT2D eigenvalue weighted by Crippen LogP contribution is 1.81. The summed E-state index contributed by atoms with van der Waals surface area (Å²) in [6, 6.07) is 0. The average Bonchev–Trinajstić information content (AvgIpc) is 2.02. The van der Waals surface area contributed by atoms with Gasteiger partial charge in [0.2, 0.25) is 0 Å². The first-order valence-corrected chi connectivity index (χ1v) is 4.38. The maximum atomic E-state index is 9.33. The van der Waals surface area contributed by atoms with E-state index >= 15 is 0 Å². The summed E-state index contributed by atoms with van der Waals surface area (Å²) in [6.07, 6.45) is -2.91. The second-order valence-corrected chi connectivity index (χ2v) is 3.00. The maximum Gasteiger partial charge on any atom is 0.397 e. The van der Waals surface area contributed by atoms with E-state index in [0.29, 0.717) is 0 Å². The van der Waals surface area contributed by atoms with Crippen LogP contribution < -0.4 is 5.73 Å². The minimum Gasteiger partial charge on any atom is -0.387 e. The highest BCUT2D eigenvalue weighted by atomic mass is 32.3. The number of hydrogen-bond donors (Lipinski definition) is 5. The van der Waals surface area contributed by atoms with E-state index < -0.39 is 22.8 Å². The van der Waals surface area contributed by atoms with Gasteiger partial charge < -0.3 is 21.1 Å². The number of aliphatic hydroxyl groups excluding tert-OH is 2. The van der Waals surface area contributed by atoms with Gasteiger partial charge in [-0.2, -0.15) is 8.42 Å². The van der Waals surface area contributed by atoms with Crippen molar-refractivity contribution in [1.29, 1.82) is 0 Å². The van der Waals surface area contributed by atoms with E-state index in [-0.39, 0.29) is 6.54 Å². The molecule has 0 fully saturated rings. The molecule has 0 spiro atoms. The molecule has 0 aliphatic heterocycles. The molecule has 0 amide bonds. The Morgan fingerprint density at radius 1 is 1.38 bits per heavy atom. The van der Waals surface area contributed by atoms with Crippen molar-refractivity contribution in [2.75, 3.05) is 13.7 Å². The molecular weight excluding hydrogens is 206 g/mol. The lowest BCUT2D eigenvalue weighted by atomic mass is 10.3. The van der Waals surface area contributed by atoms with Gasteiger partial charge in [0.25, 0.3) is 0 Å². The molecule has 0 aliphatic rings. The first kappa shape index (κ1) is 15.2. The molecule has 0 aromatic carbocycles. The van der Waals surface area contributed by atoms with Crippen LogP contribution in [0.2, 0.25) is 0 Å². The predicted octanol–water partition coefficient (Wildman–Crippen LogP) is -2.95. The van der Waals surface area contributed by atoms with Crippen LogP contribution in [0.25, 0.3) is 0 Å². The molecule has 6 N–H and O–H groups in total. The lowest BCUT2D eigenvalue weighted by Crippen LogP contribution is -2.32. The normalized spacial score (nSPS) is 13.5. The van der Waals surface area contributed by atoms with Crippen LogP contribution in [0.15, 0.2) is 0 Å². The number of aliphatic hydroxyl groups is 3. The van der Waals surface area contributed by atoms with Crippen molar-refractivity contribution < 1.29 is 32.5 Å². The molecule has 0 saturated carbocycles. The number of nitrogens with two attached hydrogens (primary N) is 1. The molecular formula is C4H13NO7S. The van der Waals surface area contributed by atoms with E-state index in [1.54, 1.807) is 0 Å². The maximum absolute atomic E-state index is 9.33. The van der Waals surface area contributed by atoms with E-state index in [1.165, 1.54) is 0 Å². The molecule has 0 rings (SSSR count). The molecule has 0 aliphatic carbocycles. The summed E-state index contributed by atoms with van der Waals surface area (Å²) in [6.45, 7) is -0.127. The van der Waals surface area contributed by atoms with Gasteiger partial charge in [-0.3, -0.25) is 8.74 Å². The second-order valence-electron chi connectivity index (χ2n) is 1.81. The van der Waals surface area contributed by atoms with Crippen LogP contribution in [0, 0.1) is 0 Å². The van der Waals surface area contributed by atoms with Crippen molar-refractivity contribution in [3.8, 4) is 0 Å². The Morgan fingerprint density at radius 3 is 1.69 bits per heavy atom. The third-order valence-corrected chi connectivity index (χ3v) is 1.22. The van der Waals surface area contributed by atoms with Gasteiger partial charge in [-0.25, -0.2) is 0 Å². The lowest BCUT2D eigenvalue weighted by molar-refractivity contribution is -0.117. The Kier molecular flexibility index (Phi) is 8.35. The van der Waals surface area contributed by atoms with Crippen LogP contribution in [0.5, 0.6) is 0 Å². The number of rotatable bonds is 3. The van der Waals surface area contributed by atoms with Crippen LogP contribution in [0.4, 0.5) is 0 Å². The molecule has 82 valence electrons. The highest BCUT2D eigenvalue weighted by Gasteiger charge is 2.07. The third-order valence-electron chi connectivity index (χ3n) is 0.796. The van der Waals surface area contributed by atoms with Crippen molar-refractivity contribution in [3.05, 3.63) is 0 Å². The Labute approximate surface area is 75.5 Å². The molecule has 9 heteroatoms. The zero-order valence-corrected chi connectivity index (χ0v) is 7.68. The summed E-state index contributed by atoms with van der Waals surface area (Å²) in [5.74, 6) is 0. The van der Waals surface area contributed by atoms with Gasteiger partial charge in [0.15, 0.2) is 6.29 Å². The lowest BCUT2D eigenvalue weighted by Gasteiger charge is -2.07. The standard InChI is InChI=1S/C3H9NO3.CH4O4S/c4-1-2(5)3(6)7;1-5-6(2,3)4/h2-3,5-7H,1,4H2;1H3,(H,2,3,4). The van der Waals surface area contributed by atoms with Crippen molar-refractivity contribution in [1.82, 2.24) is 0 Å². The van der Waals surface area contributed by atoms with Gasteiger partial charge in [0.05, 0.1) is 7.11 Å². The smallest absolute Gasteiger partial charge is 0.387 e. The Hall–Kier alpha value is -0.290. The topological polar surface area (TPSA) is 150 Å². The molecule has 0 aromatic rings. The van der Waals surface area contributed by atoms with E-state index in [0.717, 1.165) is 7.11 Å². The minimum atomic E-state index is -4.16. The van der Waals surface area contributed by atoms with Crippen LogP contribution >= 0.6 is 0 Å². The summed E-state index contributed by atoms with van der Waals surface area (Å²) >= 11 is 0. The fourth-order valence-electron chi connectivity index (χ4n) is 0.122. The van der Waals surface area contributed by atoms with E-state index in [9.17, 15) is 8.42 Å². The zero-order chi connectivity index (χ0) is 11.1. The molecule has 0 saturated heterocycles. The van der Waals surface area contributed by atoms with Gasteiger partial charge >= 0.3 is 10.4 Å². The summed E-state index contributed by atoms with van der Waals surface area (Å²) in [7, 11) is -3.29. The fraction of sp³-hybridized carbons (Fsp3) is 1.00. The SMILES string of the molecule is COS(=O)(=O)O.NCC(O)C(O)O. The summed E-state index contributed by atoms with van der Waals surface area (Å²) in [4.78, 5) is 0. The second kappa shape index (κ2) is 7.15. The Balaban J connectivity index is 0. The van der Waals surface area contributed by atoms with Crippen LogP contribution in [0.3, 0.4) is 0 Å². The summed E-state index contributed by atoms with van der Waals surface area (Å²) in [5.41, 5.74) is 4.80. The molecule has 8 nitrogen and oxygen atoms in total. The van der Waals surface area contributed by atoms with E-state index in [4.69, 9.17) is 25.6 Å². The van der Waals surface area contributed by atoms with Gasteiger partial charge in [0.1, 0.15) is 6.10 Å². The van der Waals surface area contributed by atoms with Crippen molar-refractivity contribution in [2.45, 2.75) is 12.4 Å². The molecule has 13 heavy (non-hydrogen) atoms. The zero-order valence-electron chi connectivity index (χ0n) is 6.86. The molecule has 1 unspecified atom stereocenters. The van der Waals surface area contributed by atoms with Crippen molar-refractivity contribution >= 4 is 10.4 Å². The quantitative estimate of drug-likeness (QED) is 0.250. The largest absolute Gasteiger partial charge is 0.397 e. The molecule has 0 bridgehead atoms. The van der Waals surface area contributed by atoms with Crippen molar-refractivity contribution in [3.63, 3.8) is 0 Å². The highest BCUT2D eigenvalue weighted by molar-refractivity contribution is 7.80. The Bertz CT molecular complexity index is 201. The van der Waals surface area contributed by atoms with E-state index in [2.05, 4.69) is 4.18 Å². The van der Waals surface area contributed by atoms with Crippen molar-refractivity contribution in [2.24, 2.45) is 5.73 Å². The van der Waals surface area contributed by atoms with Crippen LogP contribution in [0.1, 0.15) is 0 Å². The van der Waals surface area contributed by atoms with Gasteiger partial charge in [-0.15, -0.1) is 0 Å². The van der Waals surface area contributed by atoms with Gasteiger partial charge in [0, 0.05) is 6.54 Å². The first-order chi connectivity index (χ1) is 5.74. The average molecular weight is 219 g/mol. The third kappa shape index (κ3) is 14.6. The molecule has 1 atom stereocenters. The monoisotopic (exact) mass is 219 g/mol. The minimum absolute atomic E-state index is 0.127. The predicted molar refractivity (Wildman–Crippen MR) is 41.8 cm³/mol. The summed E-state index contributed by atoms with van der Waals surface area (Å²) < 4.78 is 29.7. The molecule has 0 aromatic heterocycles. The first-order valence-electron chi connectivity index (χ1n) is 3.02. The van der Waals surface area contributed by atoms with Gasteiger partial charge in [-0.1, -0.05) is 0 Å². The van der Waals surface area contributed by atoms with Crippen LogP contribution in [-0.4, -0.2) is 54.3 Å². The fourth-order valence-corrected chi connectivity index (χ4v) is 0.122. The van der Waals surface area contributed by atoms with Gasteiger partial charge in [-0.05, 0) is 0 Å². The summed E-state index contributed by atoms with van der Waals surface area (Å²) in [5, 5.41) is 24.4. The molecule has 0 heterocycles. The van der Waals surface area contributed by atoms with E-state index in [1.807, 2.05) is 0 Å². The number of hydrogen-bond acceptors (Lipinski definition) is 7. The Morgan fingerprint density at radius 2 is 1.69 bits per heavy atom. The van der Waals surface area contributed by atoms with Crippen LogP contribution in [-0.2, 0) is 14.6 Å².